The van der Waals surface area contributed by atoms with Gasteiger partial charge in [0.25, 0.3) is 5.91 Å². The maximum absolute atomic E-state index is 13.6. The van der Waals surface area contributed by atoms with Crippen LogP contribution in [-0.4, -0.2) is 30.4 Å². The number of hydrogen-bond acceptors (Lipinski definition) is 3. The Morgan fingerprint density at radius 3 is 2.48 bits per heavy atom. The lowest BCUT2D eigenvalue weighted by Crippen LogP contribution is -2.24. The monoisotopic (exact) mass is 342 g/mol. The zero-order chi connectivity index (χ0) is 18.2. The highest BCUT2D eigenvalue weighted by molar-refractivity contribution is 5.91. The Morgan fingerprint density at radius 1 is 1.16 bits per heavy atom. The maximum atomic E-state index is 13.6. The summed E-state index contributed by atoms with van der Waals surface area (Å²) in [7, 11) is 1.61. The van der Waals surface area contributed by atoms with E-state index in [-0.39, 0.29) is 24.9 Å². The molecule has 2 amide bonds. The maximum Gasteiger partial charge on any atom is 0.255 e. The van der Waals surface area contributed by atoms with Crippen molar-refractivity contribution in [2.75, 3.05) is 13.7 Å². The summed E-state index contributed by atoms with van der Waals surface area (Å²) in [6.07, 6.45) is 3.07. The first-order chi connectivity index (χ1) is 12.0. The van der Waals surface area contributed by atoms with Crippen molar-refractivity contribution < 1.29 is 18.7 Å². The molecule has 2 aromatic rings. The topological polar surface area (TPSA) is 72.6 Å². The van der Waals surface area contributed by atoms with Gasteiger partial charge in [0.15, 0.2) is 6.61 Å². The van der Waals surface area contributed by atoms with Crippen molar-refractivity contribution in [1.82, 2.24) is 4.90 Å². The van der Waals surface area contributed by atoms with Crippen molar-refractivity contribution in [3.63, 3.8) is 0 Å². The second kappa shape index (κ2) is 8.63. The minimum atomic E-state index is -0.549. The molecule has 130 valence electrons. The van der Waals surface area contributed by atoms with E-state index in [2.05, 4.69) is 0 Å². The molecule has 0 radical (unpaired) electrons. The molecule has 0 fully saturated rings. The molecule has 25 heavy (non-hydrogen) atoms. The number of benzene rings is 2. The van der Waals surface area contributed by atoms with Gasteiger partial charge in [-0.25, -0.2) is 4.39 Å². The van der Waals surface area contributed by atoms with E-state index in [4.69, 9.17) is 10.5 Å². The van der Waals surface area contributed by atoms with Crippen LogP contribution in [0.15, 0.2) is 54.6 Å². The lowest BCUT2D eigenvalue weighted by atomic mass is 10.2. The summed E-state index contributed by atoms with van der Waals surface area (Å²) >= 11 is 0. The van der Waals surface area contributed by atoms with Crippen LogP contribution >= 0.6 is 0 Å². The molecule has 6 heteroatoms. The first kappa shape index (κ1) is 18.2. The zero-order valence-corrected chi connectivity index (χ0v) is 13.8. The highest BCUT2D eigenvalue weighted by Gasteiger charge is 2.08. The van der Waals surface area contributed by atoms with Gasteiger partial charge in [0.1, 0.15) is 11.6 Å². The fourth-order valence-corrected chi connectivity index (χ4v) is 2.08. The number of likely N-dealkylation sites (N-methyl/N-ethyl adjacent to an activating group) is 1. The molecule has 2 N–H and O–H groups in total. The average Bonchev–Trinajstić information content (AvgIpc) is 2.60. The molecular formula is C19H19FN2O3. The van der Waals surface area contributed by atoms with Crippen LogP contribution in [0.5, 0.6) is 5.75 Å². The van der Waals surface area contributed by atoms with Gasteiger partial charge in [-0.15, -0.1) is 0 Å². The minimum absolute atomic E-state index is 0.186. The predicted octanol–water partition coefficient (Wildman–Crippen LogP) is 2.36. The summed E-state index contributed by atoms with van der Waals surface area (Å²) in [6, 6.07) is 13.2. The van der Waals surface area contributed by atoms with Crippen LogP contribution in [0.4, 0.5) is 4.39 Å². The summed E-state index contributed by atoms with van der Waals surface area (Å²) < 4.78 is 18.8. The van der Waals surface area contributed by atoms with Gasteiger partial charge in [0.05, 0.1) is 0 Å². The third-order valence-corrected chi connectivity index (χ3v) is 3.42. The molecule has 2 rings (SSSR count). The Hall–Kier alpha value is -3.15. The number of carbonyl (C=O) groups is 2. The van der Waals surface area contributed by atoms with Crippen LogP contribution in [0.2, 0.25) is 0 Å². The van der Waals surface area contributed by atoms with Crippen LogP contribution < -0.4 is 10.5 Å². The highest BCUT2D eigenvalue weighted by Crippen LogP contribution is 2.14. The van der Waals surface area contributed by atoms with Crippen molar-refractivity contribution in [3.8, 4) is 5.75 Å². The zero-order valence-electron chi connectivity index (χ0n) is 13.8. The first-order valence-electron chi connectivity index (χ1n) is 7.63. The molecule has 0 unspecified atom stereocenters. The van der Waals surface area contributed by atoms with E-state index < -0.39 is 5.91 Å². The van der Waals surface area contributed by atoms with E-state index in [0.717, 1.165) is 5.56 Å². The van der Waals surface area contributed by atoms with Crippen molar-refractivity contribution in [2.24, 2.45) is 5.73 Å². The number of halogens is 1. The molecule has 0 atom stereocenters. The molecule has 0 aliphatic rings. The van der Waals surface area contributed by atoms with Crippen LogP contribution in [0.25, 0.3) is 6.08 Å². The third kappa shape index (κ3) is 5.76. The molecule has 0 saturated heterocycles. The fraction of sp³-hybridized carbons (Fsp3) is 0.158. The van der Waals surface area contributed by atoms with Crippen molar-refractivity contribution in [1.29, 1.82) is 0 Å². The van der Waals surface area contributed by atoms with Gasteiger partial charge in [0, 0.05) is 25.2 Å². The summed E-state index contributed by atoms with van der Waals surface area (Å²) in [5.74, 6) is -0.610. The summed E-state index contributed by atoms with van der Waals surface area (Å²) in [6.45, 7) is 0.00422. The number of primary amides is 1. The van der Waals surface area contributed by atoms with E-state index in [0.29, 0.717) is 11.3 Å². The van der Waals surface area contributed by atoms with Gasteiger partial charge < -0.3 is 15.4 Å². The van der Waals surface area contributed by atoms with E-state index in [1.807, 2.05) is 0 Å². The number of hydrogen-bond donors (Lipinski definition) is 1. The van der Waals surface area contributed by atoms with Gasteiger partial charge in [-0.3, -0.25) is 9.59 Å². The number of amides is 2. The van der Waals surface area contributed by atoms with Crippen LogP contribution in [0.3, 0.4) is 0 Å². The van der Waals surface area contributed by atoms with Gasteiger partial charge in [-0.2, -0.15) is 0 Å². The molecule has 0 aromatic heterocycles. The van der Waals surface area contributed by atoms with Crippen LogP contribution in [-0.2, 0) is 16.1 Å². The van der Waals surface area contributed by atoms with E-state index in [1.54, 1.807) is 55.6 Å². The molecule has 5 nitrogen and oxygen atoms in total. The fourth-order valence-electron chi connectivity index (χ4n) is 2.08. The molecule has 0 spiro atoms. The summed E-state index contributed by atoms with van der Waals surface area (Å²) in [5.41, 5.74) is 6.25. The number of nitrogens with two attached hydrogens (primary N) is 1. The number of carbonyl (C=O) groups excluding carboxylic acids is 2. The van der Waals surface area contributed by atoms with E-state index in [9.17, 15) is 14.0 Å². The second-order valence-corrected chi connectivity index (χ2v) is 5.44. The molecule has 0 heterocycles. The number of rotatable bonds is 7. The normalized spacial score (nSPS) is 10.6. The Kier molecular flexibility index (Phi) is 6.28. The minimum Gasteiger partial charge on any atom is -0.484 e. The van der Waals surface area contributed by atoms with Gasteiger partial charge in [-0.1, -0.05) is 30.3 Å². The van der Waals surface area contributed by atoms with Gasteiger partial charge in [0.2, 0.25) is 5.91 Å². The summed E-state index contributed by atoms with van der Waals surface area (Å²) in [5, 5.41) is 0. The van der Waals surface area contributed by atoms with Crippen molar-refractivity contribution in [3.05, 3.63) is 71.6 Å². The van der Waals surface area contributed by atoms with E-state index >= 15 is 0 Å². The standard InChI is InChI=1S/C19H19FN2O3/c1-22(12-15-4-2-3-5-17(15)20)19(24)11-8-14-6-9-16(10-7-14)25-13-18(21)23/h2-11H,12-13H2,1H3,(H2,21,23). The number of ether oxygens (including phenoxy) is 1. The third-order valence-electron chi connectivity index (χ3n) is 3.42. The second-order valence-electron chi connectivity index (χ2n) is 5.44. The SMILES string of the molecule is CN(Cc1ccccc1F)C(=O)C=Cc1ccc(OCC(N)=O)cc1. The Labute approximate surface area is 145 Å². The molecule has 0 saturated carbocycles. The molecule has 2 aromatic carbocycles. The molecule has 0 bridgehead atoms. The molecule has 0 aliphatic heterocycles. The Bertz CT molecular complexity index is 772. The highest BCUT2D eigenvalue weighted by atomic mass is 19.1. The summed E-state index contributed by atoms with van der Waals surface area (Å²) in [4.78, 5) is 24.2. The Morgan fingerprint density at radius 2 is 1.84 bits per heavy atom. The largest absolute Gasteiger partial charge is 0.484 e. The molecular weight excluding hydrogens is 323 g/mol. The lowest BCUT2D eigenvalue weighted by Gasteiger charge is -2.15. The predicted molar refractivity (Wildman–Crippen MR) is 93.0 cm³/mol. The van der Waals surface area contributed by atoms with Crippen LogP contribution in [0, 0.1) is 5.82 Å². The first-order valence-corrected chi connectivity index (χ1v) is 7.63. The smallest absolute Gasteiger partial charge is 0.255 e. The average molecular weight is 342 g/mol. The quantitative estimate of drug-likeness (QED) is 0.785. The van der Waals surface area contributed by atoms with Gasteiger partial charge in [-0.05, 0) is 29.8 Å². The lowest BCUT2D eigenvalue weighted by molar-refractivity contribution is -0.125. The van der Waals surface area contributed by atoms with Crippen LogP contribution in [0.1, 0.15) is 11.1 Å². The van der Waals surface area contributed by atoms with Gasteiger partial charge >= 0.3 is 0 Å². The Balaban J connectivity index is 1.92. The van der Waals surface area contributed by atoms with E-state index in [1.165, 1.54) is 17.0 Å². The number of nitrogens with zero attached hydrogens (tertiary/aromatic N) is 1. The van der Waals surface area contributed by atoms with Crippen molar-refractivity contribution >= 4 is 17.9 Å². The molecule has 0 aliphatic carbocycles. The van der Waals surface area contributed by atoms with Crippen molar-refractivity contribution in [2.45, 2.75) is 6.54 Å².